The molecule has 7 nitrogen and oxygen atoms in total. The van der Waals surface area contributed by atoms with Crippen molar-refractivity contribution < 1.29 is 26.1 Å². The fourth-order valence-electron chi connectivity index (χ4n) is 1.58. The number of hydrogen-bond donors (Lipinski definition) is 1. The molecule has 0 unspecified atom stereocenters. The van der Waals surface area contributed by atoms with Gasteiger partial charge in [-0.1, -0.05) is 5.16 Å². The second-order valence-electron chi connectivity index (χ2n) is 4.29. The Morgan fingerprint density at radius 1 is 1.38 bits per heavy atom. The average Bonchev–Trinajstić information content (AvgIpc) is 2.89. The van der Waals surface area contributed by atoms with Crippen LogP contribution in [0.3, 0.4) is 0 Å². The van der Waals surface area contributed by atoms with E-state index < -0.39 is 22.7 Å². The van der Waals surface area contributed by atoms with Crippen LogP contribution in [0.2, 0.25) is 0 Å². The van der Waals surface area contributed by atoms with Crippen molar-refractivity contribution in [3.05, 3.63) is 23.8 Å². The van der Waals surface area contributed by atoms with Gasteiger partial charge >= 0.3 is 6.18 Å². The average molecular weight is 324 g/mol. The minimum atomic E-state index is -4.48. The summed E-state index contributed by atoms with van der Waals surface area (Å²) in [4.78, 5) is -0.383. The van der Waals surface area contributed by atoms with Crippen LogP contribution in [0.1, 0.15) is 11.5 Å². The third-order valence-electron chi connectivity index (χ3n) is 2.53. The first-order chi connectivity index (χ1) is 9.58. The Morgan fingerprint density at radius 2 is 2.05 bits per heavy atom. The summed E-state index contributed by atoms with van der Waals surface area (Å²) in [6.07, 6.45) is -2.84. The van der Waals surface area contributed by atoms with Gasteiger partial charge in [0.05, 0.1) is 6.20 Å². The van der Waals surface area contributed by atoms with Crippen LogP contribution in [0.25, 0.3) is 0 Å². The molecule has 0 aliphatic heterocycles. The molecule has 2 rings (SSSR count). The summed E-state index contributed by atoms with van der Waals surface area (Å²) in [7, 11) is -4.06. The van der Waals surface area contributed by atoms with Crippen molar-refractivity contribution in [2.24, 2.45) is 0 Å². The van der Waals surface area contributed by atoms with Gasteiger partial charge in [0.15, 0.2) is 5.76 Å². The van der Waals surface area contributed by atoms with Gasteiger partial charge in [0.2, 0.25) is 0 Å². The number of anilines is 1. The normalized spacial score (nSPS) is 12.6. The predicted octanol–water partition coefficient (Wildman–Crippen LogP) is 1.85. The lowest BCUT2D eigenvalue weighted by Crippen LogP contribution is -2.18. The minimum Gasteiger partial charge on any atom is -0.359 e. The molecular weight excluding hydrogens is 313 g/mol. The largest absolute Gasteiger partial charge is 0.408 e. The molecule has 0 saturated heterocycles. The van der Waals surface area contributed by atoms with Crippen molar-refractivity contribution in [1.82, 2.24) is 14.9 Å². The van der Waals surface area contributed by atoms with Gasteiger partial charge in [-0.25, -0.2) is 8.42 Å². The zero-order chi connectivity index (χ0) is 15.8. The molecule has 0 atom stereocenters. The number of aromatic nitrogens is 3. The van der Waals surface area contributed by atoms with Crippen LogP contribution in [-0.4, -0.2) is 29.5 Å². The van der Waals surface area contributed by atoms with Gasteiger partial charge in [-0.3, -0.25) is 9.40 Å². The highest BCUT2D eigenvalue weighted by atomic mass is 32.2. The number of rotatable bonds is 4. The predicted molar refractivity (Wildman–Crippen MR) is 65.1 cm³/mol. The quantitative estimate of drug-likeness (QED) is 0.927. The Bertz CT molecular complexity index is 728. The van der Waals surface area contributed by atoms with Crippen molar-refractivity contribution >= 4 is 15.7 Å². The van der Waals surface area contributed by atoms with Gasteiger partial charge in [-0.05, 0) is 13.8 Å². The van der Waals surface area contributed by atoms with Crippen LogP contribution >= 0.6 is 0 Å². The number of nitrogens with zero attached hydrogens (tertiary/aromatic N) is 3. The first kappa shape index (κ1) is 15.4. The molecule has 0 radical (unpaired) electrons. The second kappa shape index (κ2) is 5.06. The van der Waals surface area contributed by atoms with Gasteiger partial charge in [-0.15, -0.1) is 0 Å². The molecule has 0 saturated carbocycles. The van der Waals surface area contributed by atoms with Crippen molar-refractivity contribution in [2.45, 2.75) is 31.5 Å². The zero-order valence-corrected chi connectivity index (χ0v) is 11.8. The third kappa shape index (κ3) is 3.54. The van der Waals surface area contributed by atoms with E-state index in [1.807, 2.05) is 0 Å². The van der Waals surface area contributed by atoms with Gasteiger partial charge in [-0.2, -0.15) is 18.3 Å². The molecule has 0 spiro atoms. The minimum absolute atomic E-state index is 0.151. The number of nitrogens with one attached hydrogen (secondary N) is 1. The molecule has 11 heteroatoms. The topological polar surface area (TPSA) is 90.0 Å². The number of alkyl halides is 3. The van der Waals surface area contributed by atoms with Gasteiger partial charge in [0.25, 0.3) is 10.0 Å². The summed E-state index contributed by atoms with van der Waals surface area (Å²) in [6.45, 7) is 1.67. The molecule has 0 bridgehead atoms. The second-order valence-corrected chi connectivity index (χ2v) is 5.98. The highest BCUT2D eigenvalue weighted by Crippen LogP contribution is 2.23. The number of sulfonamides is 1. The molecule has 116 valence electrons. The van der Waals surface area contributed by atoms with Gasteiger partial charge in [0, 0.05) is 6.20 Å². The van der Waals surface area contributed by atoms with Crippen LogP contribution in [0, 0.1) is 13.8 Å². The monoisotopic (exact) mass is 324 g/mol. The van der Waals surface area contributed by atoms with Crippen LogP contribution in [0.15, 0.2) is 21.8 Å². The summed E-state index contributed by atoms with van der Waals surface area (Å²) >= 11 is 0. The molecule has 2 heterocycles. The lowest BCUT2D eigenvalue weighted by Gasteiger charge is -2.06. The summed E-state index contributed by atoms with van der Waals surface area (Å²) in [6, 6.07) is 0. The van der Waals surface area contributed by atoms with E-state index in [1.54, 1.807) is 0 Å². The van der Waals surface area contributed by atoms with Crippen LogP contribution in [-0.2, 0) is 16.6 Å². The maximum absolute atomic E-state index is 12.2. The first-order valence-electron chi connectivity index (χ1n) is 5.63. The Hall–Kier alpha value is -2.04. The number of hydrogen-bond acceptors (Lipinski definition) is 5. The summed E-state index contributed by atoms with van der Waals surface area (Å²) in [5.74, 6) is 0.249. The van der Waals surface area contributed by atoms with Crippen LogP contribution in [0.4, 0.5) is 18.9 Å². The molecule has 0 aromatic carbocycles. The zero-order valence-electron chi connectivity index (χ0n) is 11.0. The standard InChI is InChI=1S/C10H11F3N4O3S/c1-6-9(7(2)20-15-6)16-21(18,19)8-3-14-17(4-8)5-10(11,12)13/h3-4,16H,5H2,1-2H3. The maximum atomic E-state index is 12.2. The molecule has 1 N–H and O–H groups in total. The lowest BCUT2D eigenvalue weighted by molar-refractivity contribution is -0.142. The molecule has 0 aliphatic rings. The van der Waals surface area contributed by atoms with E-state index in [9.17, 15) is 21.6 Å². The van der Waals surface area contributed by atoms with Gasteiger partial charge < -0.3 is 4.52 Å². The van der Waals surface area contributed by atoms with E-state index in [-0.39, 0.29) is 16.3 Å². The molecular formula is C10H11F3N4O3S. The SMILES string of the molecule is Cc1noc(C)c1NS(=O)(=O)c1cnn(CC(F)(F)F)c1. The molecule has 0 amide bonds. The van der Waals surface area contributed by atoms with E-state index >= 15 is 0 Å². The maximum Gasteiger partial charge on any atom is 0.408 e. The first-order valence-corrected chi connectivity index (χ1v) is 7.12. The lowest BCUT2D eigenvalue weighted by atomic mass is 10.3. The smallest absolute Gasteiger partial charge is 0.359 e. The van der Waals surface area contributed by atoms with Crippen molar-refractivity contribution in [3.63, 3.8) is 0 Å². The molecule has 0 fully saturated rings. The Kier molecular flexibility index (Phi) is 3.70. The van der Waals surface area contributed by atoms with Crippen molar-refractivity contribution in [3.8, 4) is 0 Å². The molecule has 2 aromatic heterocycles. The van der Waals surface area contributed by atoms with E-state index in [2.05, 4.69) is 15.0 Å². The molecule has 2 aromatic rings. The van der Waals surface area contributed by atoms with E-state index in [4.69, 9.17) is 4.52 Å². The Morgan fingerprint density at radius 3 is 2.57 bits per heavy atom. The highest BCUT2D eigenvalue weighted by Gasteiger charge is 2.29. The number of aryl methyl sites for hydroxylation is 2. The van der Waals surface area contributed by atoms with Gasteiger partial charge in [0.1, 0.15) is 22.8 Å². The van der Waals surface area contributed by atoms with E-state index in [0.717, 1.165) is 12.4 Å². The summed E-state index contributed by atoms with van der Waals surface area (Å²) in [5, 5.41) is 6.96. The molecule has 21 heavy (non-hydrogen) atoms. The summed E-state index contributed by atoms with van der Waals surface area (Å²) in [5.41, 5.74) is 0.470. The summed E-state index contributed by atoms with van der Waals surface area (Å²) < 4.78 is 68.3. The Labute approximate surface area is 117 Å². The van der Waals surface area contributed by atoms with Crippen LogP contribution < -0.4 is 4.72 Å². The van der Waals surface area contributed by atoms with E-state index in [0.29, 0.717) is 10.4 Å². The van der Waals surface area contributed by atoms with Crippen molar-refractivity contribution in [2.75, 3.05) is 4.72 Å². The Balaban J connectivity index is 2.25. The van der Waals surface area contributed by atoms with Crippen LogP contribution in [0.5, 0.6) is 0 Å². The fraction of sp³-hybridized carbons (Fsp3) is 0.400. The van der Waals surface area contributed by atoms with Crippen molar-refractivity contribution in [1.29, 1.82) is 0 Å². The fourth-order valence-corrected chi connectivity index (χ4v) is 2.70. The number of halogens is 3. The third-order valence-corrected chi connectivity index (χ3v) is 3.84. The van der Waals surface area contributed by atoms with E-state index in [1.165, 1.54) is 13.8 Å². The molecule has 0 aliphatic carbocycles. The highest BCUT2D eigenvalue weighted by molar-refractivity contribution is 7.92.